The van der Waals surface area contributed by atoms with E-state index in [1.54, 1.807) is 40.8 Å². The molecule has 2 amide bonds. The first-order chi connectivity index (χ1) is 17.0. The van der Waals surface area contributed by atoms with Gasteiger partial charge in [0, 0.05) is 42.5 Å². The number of nitrogens with zero attached hydrogens (tertiary/aromatic N) is 5. The van der Waals surface area contributed by atoms with Crippen LogP contribution < -0.4 is 5.32 Å². The van der Waals surface area contributed by atoms with Crippen LogP contribution in [0.2, 0.25) is 0 Å². The minimum atomic E-state index is -0.430. The summed E-state index contributed by atoms with van der Waals surface area (Å²) in [5.41, 5.74) is 4.18. The van der Waals surface area contributed by atoms with Crippen LogP contribution >= 0.6 is 0 Å². The fourth-order valence-corrected chi connectivity index (χ4v) is 4.09. The second kappa shape index (κ2) is 9.41. The first-order valence-electron chi connectivity index (χ1n) is 11.3. The van der Waals surface area contributed by atoms with Gasteiger partial charge in [0.2, 0.25) is 5.89 Å². The molecular formula is C25H24N6O4. The van der Waals surface area contributed by atoms with Gasteiger partial charge in [0.15, 0.2) is 5.69 Å². The van der Waals surface area contributed by atoms with E-state index in [4.69, 9.17) is 9.15 Å². The first-order valence-corrected chi connectivity index (χ1v) is 11.3. The van der Waals surface area contributed by atoms with Crippen LogP contribution in [-0.2, 0) is 24.8 Å². The monoisotopic (exact) mass is 472 g/mol. The molecule has 0 aliphatic carbocycles. The second-order valence-corrected chi connectivity index (χ2v) is 8.08. The van der Waals surface area contributed by atoms with Crippen LogP contribution in [0, 0.1) is 0 Å². The zero-order valence-corrected chi connectivity index (χ0v) is 19.4. The summed E-state index contributed by atoms with van der Waals surface area (Å²) in [6.07, 6.45) is 0.634. The van der Waals surface area contributed by atoms with Crippen LogP contribution in [0.4, 0.5) is 10.5 Å². The average molecular weight is 473 g/mol. The zero-order chi connectivity index (χ0) is 24.4. The predicted molar refractivity (Wildman–Crippen MR) is 127 cm³/mol. The van der Waals surface area contributed by atoms with Crippen molar-refractivity contribution >= 4 is 17.7 Å². The van der Waals surface area contributed by atoms with Crippen molar-refractivity contribution in [3.8, 4) is 23.0 Å². The Bertz CT molecular complexity index is 1380. The highest BCUT2D eigenvalue weighted by atomic mass is 16.5. The summed E-state index contributed by atoms with van der Waals surface area (Å²) in [5, 5.41) is 15.9. The molecule has 0 radical (unpaired) electrons. The number of carbonyl (C=O) groups is 2. The number of nitrogens with one attached hydrogen (secondary N) is 1. The van der Waals surface area contributed by atoms with E-state index in [0.717, 1.165) is 16.8 Å². The van der Waals surface area contributed by atoms with Crippen LogP contribution in [0.5, 0.6) is 0 Å². The molecule has 0 unspecified atom stereocenters. The van der Waals surface area contributed by atoms with Crippen LogP contribution in [-0.4, -0.2) is 50.0 Å². The van der Waals surface area contributed by atoms with Gasteiger partial charge in [-0.15, -0.1) is 10.2 Å². The van der Waals surface area contributed by atoms with Gasteiger partial charge in [0.05, 0.1) is 18.7 Å². The fourth-order valence-electron chi connectivity index (χ4n) is 4.09. The van der Waals surface area contributed by atoms with E-state index in [1.807, 2.05) is 37.4 Å². The molecule has 1 aliphatic heterocycles. The molecule has 0 spiro atoms. The van der Waals surface area contributed by atoms with Gasteiger partial charge in [0.25, 0.3) is 5.89 Å². The maximum Gasteiger partial charge on any atom is 0.338 e. The van der Waals surface area contributed by atoms with Crippen molar-refractivity contribution in [2.75, 3.05) is 18.5 Å². The molecule has 0 saturated heterocycles. The number of rotatable bonds is 5. The molecule has 2 aromatic carbocycles. The zero-order valence-electron chi connectivity index (χ0n) is 19.4. The maximum atomic E-state index is 13.0. The topological polar surface area (TPSA) is 115 Å². The van der Waals surface area contributed by atoms with Crippen molar-refractivity contribution in [3.63, 3.8) is 0 Å². The van der Waals surface area contributed by atoms with E-state index in [9.17, 15) is 9.59 Å². The number of aryl methyl sites for hydroxylation is 1. The Balaban J connectivity index is 1.35. The molecule has 35 heavy (non-hydrogen) atoms. The lowest BCUT2D eigenvalue weighted by Crippen LogP contribution is -2.39. The highest BCUT2D eigenvalue weighted by molar-refractivity contribution is 5.94. The van der Waals surface area contributed by atoms with Gasteiger partial charge >= 0.3 is 12.0 Å². The number of benzene rings is 2. The smallest absolute Gasteiger partial charge is 0.338 e. The number of hydrogen-bond acceptors (Lipinski definition) is 7. The number of carbonyl (C=O) groups excluding carboxylic acids is 2. The Hall–Kier alpha value is -4.47. The minimum absolute atomic E-state index is 0.276. The number of urea groups is 1. The molecule has 4 aromatic rings. The van der Waals surface area contributed by atoms with Crippen molar-refractivity contribution in [3.05, 3.63) is 71.4 Å². The average Bonchev–Trinajstić information content (AvgIpc) is 3.49. The lowest BCUT2D eigenvalue weighted by molar-refractivity contribution is 0.0526. The molecule has 1 aliphatic rings. The maximum absolute atomic E-state index is 13.0. The van der Waals surface area contributed by atoms with Crippen molar-refractivity contribution in [1.82, 2.24) is 24.9 Å². The molecule has 178 valence electrons. The summed E-state index contributed by atoms with van der Waals surface area (Å²) in [4.78, 5) is 26.8. The Morgan fingerprint density at radius 1 is 1.09 bits per heavy atom. The molecule has 0 saturated carbocycles. The third kappa shape index (κ3) is 4.50. The molecule has 10 heteroatoms. The third-order valence-corrected chi connectivity index (χ3v) is 5.80. The van der Waals surface area contributed by atoms with Gasteiger partial charge in [-0.05, 0) is 37.3 Å². The first kappa shape index (κ1) is 22.3. The van der Waals surface area contributed by atoms with Crippen LogP contribution in [0.1, 0.15) is 28.5 Å². The fraction of sp³-hybridized carbons (Fsp3) is 0.240. The molecule has 0 atom stereocenters. The number of anilines is 1. The molecule has 2 aromatic heterocycles. The van der Waals surface area contributed by atoms with E-state index >= 15 is 0 Å². The molecule has 0 bridgehead atoms. The van der Waals surface area contributed by atoms with Crippen LogP contribution in [0.3, 0.4) is 0 Å². The molecule has 1 N–H and O–H groups in total. The van der Waals surface area contributed by atoms with Crippen LogP contribution in [0.15, 0.2) is 59.0 Å². The highest BCUT2D eigenvalue weighted by Gasteiger charge is 2.29. The van der Waals surface area contributed by atoms with Gasteiger partial charge in [-0.3, -0.25) is 4.68 Å². The summed E-state index contributed by atoms with van der Waals surface area (Å²) in [6.45, 7) is 2.89. The largest absolute Gasteiger partial charge is 0.462 e. The Morgan fingerprint density at radius 2 is 1.89 bits per heavy atom. The lowest BCUT2D eigenvalue weighted by atomic mass is 10.1. The number of ether oxygens (including phenoxy) is 1. The normalized spacial score (nSPS) is 12.8. The Kier molecular flexibility index (Phi) is 6.01. The SMILES string of the molecule is CCOC(=O)c1cccc(NC(=O)N2CCc3c(c(-c4nnc(-c5ccccc5)o4)nn3C)C2)c1. The van der Waals surface area contributed by atoms with Crippen molar-refractivity contribution in [2.24, 2.45) is 7.05 Å². The van der Waals surface area contributed by atoms with Gasteiger partial charge in [-0.25, -0.2) is 9.59 Å². The number of amides is 2. The lowest BCUT2D eigenvalue weighted by Gasteiger charge is -2.27. The van der Waals surface area contributed by atoms with Crippen molar-refractivity contribution < 1.29 is 18.7 Å². The summed E-state index contributed by atoms with van der Waals surface area (Å²) < 4.78 is 12.8. The molecule has 10 nitrogen and oxygen atoms in total. The predicted octanol–water partition coefficient (Wildman–Crippen LogP) is 3.90. The Morgan fingerprint density at radius 3 is 2.69 bits per heavy atom. The van der Waals surface area contributed by atoms with Gasteiger partial charge in [0.1, 0.15) is 0 Å². The van der Waals surface area contributed by atoms with E-state index < -0.39 is 5.97 Å². The van der Waals surface area contributed by atoms with Gasteiger partial charge < -0.3 is 19.4 Å². The van der Waals surface area contributed by atoms with E-state index in [2.05, 4.69) is 20.6 Å². The number of hydrogen-bond donors (Lipinski definition) is 1. The highest BCUT2D eigenvalue weighted by Crippen LogP contribution is 2.31. The van der Waals surface area contributed by atoms with Gasteiger partial charge in [-0.2, -0.15) is 5.10 Å². The van der Waals surface area contributed by atoms with Crippen LogP contribution in [0.25, 0.3) is 23.0 Å². The standard InChI is InChI=1S/C25H24N6O4/c1-3-34-24(32)17-10-7-11-18(14-17)26-25(33)31-13-12-20-19(15-31)21(29-30(20)2)23-28-27-22(35-23)16-8-5-4-6-9-16/h4-11,14H,3,12-13,15H2,1-2H3,(H,26,33). The Labute approximate surface area is 201 Å². The molecule has 0 fully saturated rings. The summed E-state index contributed by atoms with van der Waals surface area (Å²) in [7, 11) is 1.87. The van der Waals surface area contributed by atoms with E-state index in [0.29, 0.717) is 48.2 Å². The minimum Gasteiger partial charge on any atom is -0.462 e. The summed E-state index contributed by atoms with van der Waals surface area (Å²) in [6, 6.07) is 15.9. The quantitative estimate of drug-likeness (QED) is 0.438. The second-order valence-electron chi connectivity index (χ2n) is 8.08. The number of esters is 1. The molecule has 5 rings (SSSR count). The third-order valence-electron chi connectivity index (χ3n) is 5.80. The van der Waals surface area contributed by atoms with E-state index in [1.165, 1.54) is 0 Å². The number of fused-ring (bicyclic) bond motifs is 1. The van der Waals surface area contributed by atoms with E-state index in [-0.39, 0.29) is 12.6 Å². The summed E-state index contributed by atoms with van der Waals surface area (Å²) >= 11 is 0. The molecular weight excluding hydrogens is 448 g/mol. The van der Waals surface area contributed by atoms with Crippen molar-refractivity contribution in [1.29, 1.82) is 0 Å². The van der Waals surface area contributed by atoms with Gasteiger partial charge in [-0.1, -0.05) is 24.3 Å². The summed E-state index contributed by atoms with van der Waals surface area (Å²) in [5.74, 6) is 0.289. The number of aromatic nitrogens is 4. The molecule has 3 heterocycles. The van der Waals surface area contributed by atoms with Crippen molar-refractivity contribution in [2.45, 2.75) is 19.9 Å².